The minimum Gasteiger partial charge on any atom is -0.490 e. The van der Waals surface area contributed by atoms with E-state index in [1.54, 1.807) is 13.8 Å². The second-order valence-electron chi connectivity index (χ2n) is 10.0. The molecule has 2 fully saturated rings. The lowest BCUT2D eigenvalue weighted by Crippen LogP contribution is -2.26. The third-order valence-corrected chi connectivity index (χ3v) is 9.97. The molecular formula is C25H40O3S. The monoisotopic (exact) mass is 420 g/mol. The predicted molar refractivity (Wildman–Crippen MR) is 121 cm³/mol. The summed E-state index contributed by atoms with van der Waals surface area (Å²) in [6, 6.07) is 8.72. The van der Waals surface area contributed by atoms with Gasteiger partial charge in [0.25, 0.3) is 0 Å². The average molecular weight is 421 g/mol. The van der Waals surface area contributed by atoms with Crippen LogP contribution in [0.15, 0.2) is 24.3 Å². The van der Waals surface area contributed by atoms with E-state index in [9.17, 15) is 8.42 Å². The molecule has 0 heterocycles. The summed E-state index contributed by atoms with van der Waals surface area (Å²) in [5.41, 5.74) is 1.38. The van der Waals surface area contributed by atoms with E-state index >= 15 is 0 Å². The summed E-state index contributed by atoms with van der Waals surface area (Å²) in [4.78, 5) is 0. The first-order valence-corrected chi connectivity index (χ1v) is 13.4. The van der Waals surface area contributed by atoms with Gasteiger partial charge in [0.2, 0.25) is 0 Å². The molecular weight excluding hydrogens is 380 g/mol. The first-order chi connectivity index (χ1) is 13.7. The lowest BCUT2D eigenvalue weighted by molar-refractivity contribution is 0.155. The smallest absolute Gasteiger partial charge is 0.152 e. The minimum atomic E-state index is -2.90. The number of benzene rings is 1. The molecule has 3 unspecified atom stereocenters. The van der Waals surface area contributed by atoms with Gasteiger partial charge in [0.1, 0.15) is 11.9 Å². The van der Waals surface area contributed by atoms with Gasteiger partial charge in [0.05, 0.1) is 11.0 Å². The topological polar surface area (TPSA) is 43.4 Å². The average Bonchev–Trinajstić information content (AvgIpc) is 3.00. The Hall–Kier alpha value is -1.03. The Morgan fingerprint density at radius 2 is 1.55 bits per heavy atom. The van der Waals surface area contributed by atoms with Gasteiger partial charge in [-0.25, -0.2) is 8.42 Å². The van der Waals surface area contributed by atoms with Crippen molar-refractivity contribution in [2.45, 2.75) is 90.4 Å². The zero-order valence-electron chi connectivity index (χ0n) is 18.8. The van der Waals surface area contributed by atoms with Gasteiger partial charge in [-0.2, -0.15) is 0 Å². The highest BCUT2D eigenvalue weighted by Crippen LogP contribution is 2.35. The van der Waals surface area contributed by atoms with E-state index in [-0.39, 0.29) is 5.25 Å². The van der Waals surface area contributed by atoms with Crippen LogP contribution >= 0.6 is 0 Å². The number of ether oxygens (including phenoxy) is 1. The third kappa shape index (κ3) is 6.23. The van der Waals surface area contributed by atoms with Crippen LogP contribution in [-0.2, 0) is 16.3 Å². The summed E-state index contributed by atoms with van der Waals surface area (Å²) in [6.45, 7) is 8.23. The van der Waals surface area contributed by atoms with Crippen LogP contribution in [0, 0.1) is 23.7 Å². The Kier molecular flexibility index (Phi) is 7.69. The van der Waals surface area contributed by atoms with Crippen molar-refractivity contribution in [3.8, 4) is 5.75 Å². The van der Waals surface area contributed by atoms with Crippen LogP contribution in [-0.4, -0.2) is 25.5 Å². The molecule has 0 amide bonds. The van der Waals surface area contributed by atoms with Crippen LogP contribution in [0.25, 0.3) is 0 Å². The van der Waals surface area contributed by atoms with Gasteiger partial charge in [-0.05, 0) is 93.7 Å². The molecule has 3 atom stereocenters. The highest BCUT2D eigenvalue weighted by atomic mass is 32.2. The quantitative estimate of drug-likeness (QED) is 0.513. The molecule has 0 saturated heterocycles. The van der Waals surface area contributed by atoms with Crippen LogP contribution in [0.1, 0.15) is 78.2 Å². The normalized spacial score (nSPS) is 30.6. The summed E-state index contributed by atoms with van der Waals surface area (Å²) in [6.07, 6.45) is 9.63. The van der Waals surface area contributed by atoms with Crippen molar-refractivity contribution in [1.82, 2.24) is 0 Å². The van der Waals surface area contributed by atoms with Crippen molar-refractivity contribution in [1.29, 1.82) is 0 Å². The Bertz CT molecular complexity index is 730. The summed E-state index contributed by atoms with van der Waals surface area (Å²) in [7, 11) is -2.90. The largest absolute Gasteiger partial charge is 0.490 e. The van der Waals surface area contributed by atoms with Gasteiger partial charge >= 0.3 is 0 Å². The van der Waals surface area contributed by atoms with E-state index in [0.717, 1.165) is 36.8 Å². The van der Waals surface area contributed by atoms with Gasteiger partial charge in [0.15, 0.2) is 9.84 Å². The molecule has 0 aliphatic heterocycles. The Morgan fingerprint density at radius 1 is 0.931 bits per heavy atom. The molecule has 3 rings (SSSR count). The number of sulfone groups is 1. The van der Waals surface area contributed by atoms with Crippen LogP contribution in [0.2, 0.25) is 0 Å². The maximum Gasteiger partial charge on any atom is 0.152 e. The molecule has 164 valence electrons. The van der Waals surface area contributed by atoms with E-state index in [1.165, 1.54) is 37.7 Å². The molecule has 29 heavy (non-hydrogen) atoms. The summed E-state index contributed by atoms with van der Waals surface area (Å²) >= 11 is 0. The molecule has 0 bridgehead atoms. The van der Waals surface area contributed by atoms with Crippen LogP contribution < -0.4 is 4.74 Å². The van der Waals surface area contributed by atoms with Gasteiger partial charge in [-0.1, -0.05) is 38.8 Å². The van der Waals surface area contributed by atoms with Crippen molar-refractivity contribution in [3.63, 3.8) is 0 Å². The molecule has 1 aromatic carbocycles. The summed E-state index contributed by atoms with van der Waals surface area (Å²) < 4.78 is 30.5. The van der Waals surface area contributed by atoms with Crippen LogP contribution in [0.3, 0.4) is 0 Å². The third-order valence-electron chi connectivity index (χ3n) is 7.60. The van der Waals surface area contributed by atoms with Gasteiger partial charge in [0, 0.05) is 0 Å². The maximum atomic E-state index is 12.2. The first-order valence-electron chi connectivity index (χ1n) is 11.7. The van der Waals surface area contributed by atoms with Crippen molar-refractivity contribution in [2.24, 2.45) is 23.7 Å². The number of hydrogen-bond acceptors (Lipinski definition) is 3. The highest BCUT2D eigenvalue weighted by Gasteiger charge is 2.31. The second kappa shape index (κ2) is 9.85. The molecule has 0 spiro atoms. The van der Waals surface area contributed by atoms with E-state index in [2.05, 4.69) is 38.1 Å². The first kappa shape index (κ1) is 22.7. The fraction of sp³-hybridized carbons (Fsp3) is 0.760. The Balaban J connectivity index is 1.40. The molecule has 3 nitrogen and oxygen atoms in total. The lowest BCUT2D eigenvalue weighted by Gasteiger charge is -2.29. The molecule has 1 aromatic rings. The number of aryl methyl sites for hydroxylation is 1. The van der Waals surface area contributed by atoms with E-state index < -0.39 is 9.84 Å². The SMILES string of the molecule is CC1CCC(Oc2ccc(CCC3CCC(CS(=O)(=O)C(C)C)CC3)cc2)C1C. The maximum absolute atomic E-state index is 12.2. The molecule has 2 saturated carbocycles. The molecule has 0 radical (unpaired) electrons. The fourth-order valence-electron chi connectivity index (χ4n) is 4.97. The predicted octanol–water partition coefficient (Wildman–Crippen LogP) is 6.06. The Labute approximate surface area is 178 Å². The van der Waals surface area contributed by atoms with Gasteiger partial charge in [-0.3, -0.25) is 0 Å². The van der Waals surface area contributed by atoms with Crippen molar-refractivity contribution in [3.05, 3.63) is 29.8 Å². The van der Waals surface area contributed by atoms with Gasteiger partial charge < -0.3 is 4.74 Å². The molecule has 4 heteroatoms. The zero-order valence-corrected chi connectivity index (χ0v) is 19.6. The van der Waals surface area contributed by atoms with Crippen molar-refractivity contribution in [2.75, 3.05) is 5.75 Å². The highest BCUT2D eigenvalue weighted by molar-refractivity contribution is 7.91. The summed E-state index contributed by atoms with van der Waals surface area (Å²) in [5, 5.41) is -0.243. The minimum absolute atomic E-state index is 0.243. The lowest BCUT2D eigenvalue weighted by atomic mass is 9.80. The van der Waals surface area contributed by atoms with E-state index in [1.807, 2.05) is 0 Å². The molecule has 0 aromatic heterocycles. The second-order valence-corrected chi connectivity index (χ2v) is 12.6. The standard InChI is InChI=1S/C25H40O3S/c1-18(2)29(26,27)17-23-10-8-21(9-11-23)6-7-22-12-14-24(15-13-22)28-25-16-5-19(3)20(25)4/h12-15,18-21,23,25H,5-11,16-17H2,1-4H3. The number of rotatable bonds is 8. The molecule has 2 aliphatic rings. The molecule has 2 aliphatic carbocycles. The summed E-state index contributed by atoms with van der Waals surface area (Å²) in [5.74, 6) is 3.91. The van der Waals surface area contributed by atoms with Crippen LogP contribution in [0.5, 0.6) is 5.75 Å². The van der Waals surface area contributed by atoms with Crippen molar-refractivity contribution >= 4 is 9.84 Å². The zero-order chi connectivity index (χ0) is 21.0. The Morgan fingerprint density at radius 3 is 2.10 bits per heavy atom. The molecule has 0 N–H and O–H groups in total. The number of hydrogen-bond donors (Lipinski definition) is 0. The van der Waals surface area contributed by atoms with Crippen molar-refractivity contribution < 1.29 is 13.2 Å². The van der Waals surface area contributed by atoms with Crippen LogP contribution in [0.4, 0.5) is 0 Å². The van der Waals surface area contributed by atoms with E-state index in [4.69, 9.17) is 4.74 Å². The van der Waals surface area contributed by atoms with E-state index in [0.29, 0.717) is 23.7 Å². The fourth-order valence-corrected chi connectivity index (χ4v) is 6.35. The van der Waals surface area contributed by atoms with Gasteiger partial charge in [-0.15, -0.1) is 0 Å².